The number of hydrogen-bond donors (Lipinski definition) is 2. The van der Waals surface area contributed by atoms with Gasteiger partial charge in [-0.3, -0.25) is 4.99 Å². The molecule has 7 heteroatoms. The predicted octanol–water partition coefficient (Wildman–Crippen LogP) is 2.33. The van der Waals surface area contributed by atoms with Crippen LogP contribution in [0.1, 0.15) is 12.0 Å². The first-order valence-corrected chi connectivity index (χ1v) is 10.4. The molecule has 1 heterocycles. The van der Waals surface area contributed by atoms with Crippen molar-refractivity contribution < 1.29 is 13.2 Å². The zero-order valence-corrected chi connectivity index (χ0v) is 15.5. The first-order valence-electron chi connectivity index (χ1n) is 8.53. The zero-order valence-electron chi connectivity index (χ0n) is 14.7. The summed E-state index contributed by atoms with van der Waals surface area (Å²) in [5.74, 6) is 2.55. The molecule has 0 spiro atoms. The van der Waals surface area contributed by atoms with Crippen molar-refractivity contribution in [3.8, 4) is 11.5 Å². The highest BCUT2D eigenvalue weighted by Crippen LogP contribution is 2.21. The fourth-order valence-corrected chi connectivity index (χ4v) is 4.50. The van der Waals surface area contributed by atoms with Gasteiger partial charge in [-0.1, -0.05) is 30.3 Å². The van der Waals surface area contributed by atoms with Crippen molar-refractivity contribution in [3.63, 3.8) is 0 Å². The molecule has 6 nitrogen and oxygen atoms in total. The van der Waals surface area contributed by atoms with Gasteiger partial charge in [0.15, 0.2) is 15.8 Å². The first-order chi connectivity index (χ1) is 12.5. The Morgan fingerprint density at radius 2 is 1.92 bits per heavy atom. The van der Waals surface area contributed by atoms with Crippen LogP contribution in [0.4, 0.5) is 0 Å². The summed E-state index contributed by atoms with van der Waals surface area (Å²) in [4.78, 5) is 4.17. The van der Waals surface area contributed by atoms with Crippen LogP contribution in [-0.4, -0.2) is 39.0 Å². The number of hydrogen-bond acceptors (Lipinski definition) is 4. The van der Waals surface area contributed by atoms with Gasteiger partial charge in [0.2, 0.25) is 0 Å². The van der Waals surface area contributed by atoms with Crippen molar-refractivity contribution in [3.05, 3.63) is 60.2 Å². The molecule has 1 aliphatic rings. The van der Waals surface area contributed by atoms with E-state index in [0.717, 1.165) is 17.1 Å². The predicted molar refractivity (Wildman–Crippen MR) is 103 cm³/mol. The molecule has 1 aliphatic heterocycles. The van der Waals surface area contributed by atoms with Crippen LogP contribution in [0.2, 0.25) is 0 Å². The van der Waals surface area contributed by atoms with Crippen molar-refractivity contribution in [1.82, 2.24) is 10.6 Å². The van der Waals surface area contributed by atoms with Crippen molar-refractivity contribution in [2.75, 3.05) is 18.6 Å². The van der Waals surface area contributed by atoms with Crippen LogP contribution in [0.3, 0.4) is 0 Å². The van der Waals surface area contributed by atoms with E-state index >= 15 is 0 Å². The molecule has 2 aromatic carbocycles. The highest BCUT2D eigenvalue weighted by Gasteiger charge is 2.28. The Balaban J connectivity index is 1.56. The Morgan fingerprint density at radius 3 is 2.62 bits per heavy atom. The molecule has 1 fully saturated rings. The minimum absolute atomic E-state index is 0.0843. The molecule has 2 aromatic rings. The molecule has 1 unspecified atom stereocenters. The van der Waals surface area contributed by atoms with Crippen molar-refractivity contribution in [1.29, 1.82) is 0 Å². The Bertz CT molecular complexity index is 867. The van der Waals surface area contributed by atoms with Gasteiger partial charge in [-0.2, -0.15) is 0 Å². The Hall–Kier alpha value is -2.54. The lowest BCUT2D eigenvalue weighted by molar-refractivity contribution is 0.482. The van der Waals surface area contributed by atoms with E-state index in [9.17, 15) is 8.42 Å². The van der Waals surface area contributed by atoms with Crippen molar-refractivity contribution in [2.24, 2.45) is 4.99 Å². The van der Waals surface area contributed by atoms with E-state index in [2.05, 4.69) is 15.6 Å². The summed E-state index contributed by atoms with van der Waals surface area (Å²) in [5.41, 5.74) is 1.04. The van der Waals surface area contributed by atoms with Crippen LogP contribution < -0.4 is 15.4 Å². The quantitative estimate of drug-likeness (QED) is 0.621. The fraction of sp³-hybridized carbons (Fsp3) is 0.316. The van der Waals surface area contributed by atoms with Gasteiger partial charge in [-0.25, -0.2) is 8.42 Å². The summed E-state index contributed by atoms with van der Waals surface area (Å²) < 4.78 is 29.0. The second-order valence-electron chi connectivity index (χ2n) is 6.23. The number of guanidine groups is 1. The standard InChI is InChI=1S/C19H23N3O3S/c1-20-19(22-16-10-11-26(23,24)14-16)21-13-15-6-5-9-18(12-15)25-17-7-3-2-4-8-17/h2-9,12,16H,10-11,13-14H2,1H3,(H2,20,21,22). The summed E-state index contributed by atoms with van der Waals surface area (Å²) in [6.07, 6.45) is 0.615. The molecule has 0 amide bonds. The molecule has 3 rings (SSSR count). The van der Waals surface area contributed by atoms with Crippen LogP contribution in [0.25, 0.3) is 0 Å². The summed E-state index contributed by atoms with van der Waals surface area (Å²) in [6, 6.07) is 17.4. The number of sulfone groups is 1. The monoisotopic (exact) mass is 373 g/mol. The third kappa shape index (κ3) is 5.23. The van der Waals surface area contributed by atoms with Gasteiger partial charge >= 0.3 is 0 Å². The van der Waals surface area contributed by atoms with Gasteiger partial charge in [0.25, 0.3) is 0 Å². The zero-order chi connectivity index (χ0) is 18.4. The highest BCUT2D eigenvalue weighted by atomic mass is 32.2. The minimum Gasteiger partial charge on any atom is -0.457 e. The Labute approximate surface area is 154 Å². The molecule has 0 aromatic heterocycles. The summed E-state index contributed by atoms with van der Waals surface area (Å²) in [6.45, 7) is 0.561. The van der Waals surface area contributed by atoms with E-state index in [1.165, 1.54) is 0 Å². The molecular formula is C19H23N3O3S. The maximum Gasteiger partial charge on any atom is 0.191 e. The topological polar surface area (TPSA) is 79.8 Å². The van der Waals surface area contributed by atoms with E-state index in [1.54, 1.807) is 7.05 Å². The van der Waals surface area contributed by atoms with E-state index in [0.29, 0.717) is 18.9 Å². The van der Waals surface area contributed by atoms with Gasteiger partial charge in [-0.15, -0.1) is 0 Å². The van der Waals surface area contributed by atoms with E-state index in [4.69, 9.17) is 4.74 Å². The molecule has 0 radical (unpaired) electrons. The third-order valence-electron chi connectivity index (χ3n) is 4.13. The number of nitrogens with one attached hydrogen (secondary N) is 2. The molecule has 26 heavy (non-hydrogen) atoms. The number of ether oxygens (including phenoxy) is 1. The van der Waals surface area contributed by atoms with Crippen LogP contribution in [0.15, 0.2) is 59.6 Å². The average molecular weight is 373 g/mol. The van der Waals surface area contributed by atoms with Gasteiger partial charge < -0.3 is 15.4 Å². The molecule has 2 N–H and O–H groups in total. The maximum atomic E-state index is 11.6. The lowest BCUT2D eigenvalue weighted by Crippen LogP contribution is -2.43. The van der Waals surface area contributed by atoms with Crippen molar-refractivity contribution >= 4 is 15.8 Å². The molecule has 1 atom stereocenters. The largest absolute Gasteiger partial charge is 0.457 e. The van der Waals surface area contributed by atoms with Crippen LogP contribution in [-0.2, 0) is 16.4 Å². The Morgan fingerprint density at radius 1 is 1.15 bits per heavy atom. The van der Waals surface area contributed by atoms with E-state index in [1.807, 2.05) is 54.6 Å². The summed E-state index contributed by atoms with van der Waals surface area (Å²) in [5, 5.41) is 6.39. The summed E-state index contributed by atoms with van der Waals surface area (Å²) >= 11 is 0. The SMILES string of the molecule is CN=C(NCc1cccc(Oc2ccccc2)c1)NC1CCS(=O)(=O)C1. The number of rotatable bonds is 5. The molecular weight excluding hydrogens is 350 g/mol. The molecule has 0 aliphatic carbocycles. The second-order valence-corrected chi connectivity index (χ2v) is 8.46. The van der Waals surface area contributed by atoms with E-state index < -0.39 is 9.84 Å². The number of para-hydroxylation sites is 1. The normalized spacial score (nSPS) is 19.1. The molecule has 1 saturated heterocycles. The first kappa shape index (κ1) is 18.3. The molecule has 0 bridgehead atoms. The molecule has 0 saturated carbocycles. The van der Waals surface area contributed by atoms with Crippen LogP contribution in [0, 0.1) is 0 Å². The van der Waals surface area contributed by atoms with Gasteiger partial charge in [0, 0.05) is 19.6 Å². The van der Waals surface area contributed by atoms with Crippen LogP contribution in [0.5, 0.6) is 11.5 Å². The Kier molecular flexibility index (Phi) is 5.78. The van der Waals surface area contributed by atoms with E-state index in [-0.39, 0.29) is 17.5 Å². The molecule has 138 valence electrons. The number of aliphatic imine (C=N–C) groups is 1. The van der Waals surface area contributed by atoms with Crippen molar-refractivity contribution in [2.45, 2.75) is 19.0 Å². The maximum absolute atomic E-state index is 11.6. The summed E-state index contributed by atoms with van der Waals surface area (Å²) in [7, 11) is -1.24. The van der Waals surface area contributed by atoms with Gasteiger partial charge in [-0.05, 0) is 36.2 Å². The fourth-order valence-electron chi connectivity index (χ4n) is 2.83. The smallest absolute Gasteiger partial charge is 0.191 e. The van der Waals surface area contributed by atoms with Gasteiger partial charge in [0.1, 0.15) is 11.5 Å². The third-order valence-corrected chi connectivity index (χ3v) is 5.90. The average Bonchev–Trinajstić information content (AvgIpc) is 2.98. The van der Waals surface area contributed by atoms with Crippen LogP contribution >= 0.6 is 0 Å². The minimum atomic E-state index is -2.91. The highest BCUT2D eigenvalue weighted by molar-refractivity contribution is 7.91. The lowest BCUT2D eigenvalue weighted by Gasteiger charge is -2.16. The number of nitrogens with zero attached hydrogens (tertiary/aromatic N) is 1. The lowest BCUT2D eigenvalue weighted by atomic mass is 10.2. The number of benzene rings is 2. The second kappa shape index (κ2) is 8.23. The van der Waals surface area contributed by atoms with Gasteiger partial charge in [0.05, 0.1) is 11.5 Å².